The molecule has 0 fully saturated rings. The molecule has 2 heterocycles. The highest BCUT2D eigenvalue weighted by molar-refractivity contribution is 14.1. The second kappa shape index (κ2) is 7.68. The summed E-state index contributed by atoms with van der Waals surface area (Å²) in [6, 6.07) is 2.00. The standard InChI is InChI=1S/C16H21IN4/c1-4-8-19-16-14(17)13(6-3)20-15(21-16)12-7-9-18-10-11(12)5-2/h7,9-10H,4-6,8H2,1-3H3,(H,19,20,21). The topological polar surface area (TPSA) is 50.7 Å². The summed E-state index contributed by atoms with van der Waals surface area (Å²) in [6.07, 6.45) is 6.62. The molecule has 0 aliphatic carbocycles. The smallest absolute Gasteiger partial charge is 0.162 e. The molecule has 4 nitrogen and oxygen atoms in total. The van der Waals surface area contributed by atoms with E-state index in [9.17, 15) is 0 Å². The first-order chi connectivity index (χ1) is 10.2. The highest BCUT2D eigenvalue weighted by atomic mass is 127. The molecular weight excluding hydrogens is 375 g/mol. The molecule has 0 spiro atoms. The van der Waals surface area contributed by atoms with Crippen LogP contribution in [0.2, 0.25) is 0 Å². The van der Waals surface area contributed by atoms with Crippen molar-refractivity contribution < 1.29 is 0 Å². The largest absolute Gasteiger partial charge is 0.369 e. The third-order valence-electron chi connectivity index (χ3n) is 3.32. The van der Waals surface area contributed by atoms with Crippen molar-refractivity contribution in [1.29, 1.82) is 0 Å². The van der Waals surface area contributed by atoms with Crippen LogP contribution in [-0.2, 0) is 12.8 Å². The molecule has 0 saturated carbocycles. The van der Waals surface area contributed by atoms with Crippen LogP contribution in [0.1, 0.15) is 38.4 Å². The molecule has 0 saturated heterocycles. The predicted octanol–water partition coefficient (Wildman–Crippen LogP) is 4.09. The number of anilines is 1. The fourth-order valence-corrected chi connectivity index (χ4v) is 2.95. The maximum Gasteiger partial charge on any atom is 0.162 e. The third-order valence-corrected chi connectivity index (χ3v) is 4.46. The molecule has 0 aliphatic rings. The fourth-order valence-electron chi connectivity index (χ4n) is 2.14. The molecule has 2 aromatic heterocycles. The van der Waals surface area contributed by atoms with E-state index in [-0.39, 0.29) is 0 Å². The number of aromatic nitrogens is 3. The van der Waals surface area contributed by atoms with Crippen LogP contribution in [0.15, 0.2) is 18.5 Å². The first kappa shape index (κ1) is 16.1. The number of aryl methyl sites for hydroxylation is 2. The van der Waals surface area contributed by atoms with Gasteiger partial charge in [0.2, 0.25) is 0 Å². The number of halogens is 1. The number of nitrogens with one attached hydrogen (secondary N) is 1. The van der Waals surface area contributed by atoms with E-state index in [2.05, 4.69) is 53.7 Å². The highest BCUT2D eigenvalue weighted by Gasteiger charge is 2.14. The molecule has 1 N–H and O–H groups in total. The number of nitrogens with zero attached hydrogens (tertiary/aromatic N) is 3. The van der Waals surface area contributed by atoms with E-state index in [1.807, 2.05) is 12.3 Å². The molecule has 5 heteroatoms. The van der Waals surface area contributed by atoms with Crippen LogP contribution in [0, 0.1) is 3.57 Å². The minimum atomic E-state index is 0.796. The van der Waals surface area contributed by atoms with Gasteiger partial charge in [0.1, 0.15) is 5.82 Å². The van der Waals surface area contributed by atoms with Crippen LogP contribution in [-0.4, -0.2) is 21.5 Å². The summed E-state index contributed by atoms with van der Waals surface area (Å²) in [4.78, 5) is 13.7. The first-order valence-electron chi connectivity index (χ1n) is 7.44. The molecule has 0 amide bonds. The Morgan fingerprint density at radius 3 is 2.62 bits per heavy atom. The lowest BCUT2D eigenvalue weighted by Crippen LogP contribution is -2.09. The molecular formula is C16H21IN4. The Morgan fingerprint density at radius 2 is 1.95 bits per heavy atom. The molecule has 21 heavy (non-hydrogen) atoms. The Morgan fingerprint density at radius 1 is 1.14 bits per heavy atom. The lowest BCUT2D eigenvalue weighted by molar-refractivity contribution is 0.940. The van der Waals surface area contributed by atoms with Crippen molar-refractivity contribution in [3.63, 3.8) is 0 Å². The van der Waals surface area contributed by atoms with Crippen molar-refractivity contribution in [3.8, 4) is 11.4 Å². The van der Waals surface area contributed by atoms with Crippen LogP contribution in [0.3, 0.4) is 0 Å². The summed E-state index contributed by atoms with van der Waals surface area (Å²) in [5.74, 6) is 1.74. The average Bonchev–Trinajstić information content (AvgIpc) is 2.53. The van der Waals surface area contributed by atoms with Gasteiger partial charge in [-0.2, -0.15) is 0 Å². The van der Waals surface area contributed by atoms with Gasteiger partial charge in [-0.15, -0.1) is 0 Å². The zero-order valence-corrected chi connectivity index (χ0v) is 14.9. The first-order valence-corrected chi connectivity index (χ1v) is 8.52. The average molecular weight is 396 g/mol. The number of rotatable bonds is 6. The highest BCUT2D eigenvalue weighted by Crippen LogP contribution is 2.26. The number of pyridine rings is 1. The molecule has 2 aromatic rings. The molecule has 112 valence electrons. The molecule has 0 aliphatic heterocycles. The quantitative estimate of drug-likeness (QED) is 0.748. The Bertz CT molecular complexity index is 613. The van der Waals surface area contributed by atoms with Gasteiger partial charge in [-0.1, -0.05) is 20.8 Å². The second-order valence-electron chi connectivity index (χ2n) is 4.82. The second-order valence-corrected chi connectivity index (χ2v) is 5.90. The number of hydrogen-bond acceptors (Lipinski definition) is 4. The van der Waals surface area contributed by atoms with Gasteiger partial charge < -0.3 is 5.32 Å². The zero-order valence-electron chi connectivity index (χ0n) is 12.8. The van der Waals surface area contributed by atoms with E-state index in [0.717, 1.165) is 52.3 Å². The third kappa shape index (κ3) is 3.70. The molecule has 2 rings (SSSR count). The summed E-state index contributed by atoms with van der Waals surface area (Å²) in [7, 11) is 0. The SMILES string of the molecule is CCCNc1nc(-c2ccncc2CC)nc(CC)c1I. The van der Waals surface area contributed by atoms with Crippen LogP contribution >= 0.6 is 22.6 Å². The molecule has 0 radical (unpaired) electrons. The summed E-state index contributed by atoms with van der Waals surface area (Å²) in [5, 5.41) is 3.41. The van der Waals surface area contributed by atoms with Crippen molar-refractivity contribution in [2.24, 2.45) is 0 Å². The van der Waals surface area contributed by atoms with Gasteiger partial charge in [0, 0.05) is 24.5 Å². The van der Waals surface area contributed by atoms with E-state index in [1.165, 1.54) is 5.56 Å². The summed E-state index contributed by atoms with van der Waals surface area (Å²) in [6.45, 7) is 7.34. The fraction of sp³-hybridized carbons (Fsp3) is 0.438. The minimum absolute atomic E-state index is 0.796. The molecule has 0 atom stereocenters. The van der Waals surface area contributed by atoms with E-state index in [4.69, 9.17) is 9.97 Å². The molecule has 0 bridgehead atoms. The zero-order chi connectivity index (χ0) is 15.2. The van der Waals surface area contributed by atoms with Crippen molar-refractivity contribution in [2.45, 2.75) is 40.0 Å². The minimum Gasteiger partial charge on any atom is -0.369 e. The normalized spacial score (nSPS) is 10.7. The van der Waals surface area contributed by atoms with Crippen molar-refractivity contribution in [2.75, 3.05) is 11.9 Å². The van der Waals surface area contributed by atoms with Gasteiger partial charge in [0.15, 0.2) is 5.82 Å². The van der Waals surface area contributed by atoms with Crippen molar-refractivity contribution in [1.82, 2.24) is 15.0 Å². The predicted molar refractivity (Wildman–Crippen MR) is 95.5 cm³/mol. The van der Waals surface area contributed by atoms with Gasteiger partial charge >= 0.3 is 0 Å². The van der Waals surface area contributed by atoms with Gasteiger partial charge in [0.05, 0.1) is 9.26 Å². The maximum absolute atomic E-state index is 4.75. The Labute approximate surface area is 140 Å². The summed E-state index contributed by atoms with van der Waals surface area (Å²) >= 11 is 2.33. The van der Waals surface area contributed by atoms with E-state index in [1.54, 1.807) is 6.20 Å². The Kier molecular flexibility index (Phi) is 5.90. The Hall–Kier alpha value is -1.24. The van der Waals surface area contributed by atoms with Crippen LogP contribution in [0.4, 0.5) is 5.82 Å². The van der Waals surface area contributed by atoms with Crippen molar-refractivity contribution in [3.05, 3.63) is 33.3 Å². The summed E-state index contributed by atoms with van der Waals surface area (Å²) < 4.78 is 1.12. The van der Waals surface area contributed by atoms with Crippen LogP contribution in [0.5, 0.6) is 0 Å². The van der Waals surface area contributed by atoms with E-state index < -0.39 is 0 Å². The van der Waals surface area contributed by atoms with Gasteiger partial charge in [-0.25, -0.2) is 9.97 Å². The van der Waals surface area contributed by atoms with Crippen molar-refractivity contribution >= 4 is 28.4 Å². The summed E-state index contributed by atoms with van der Waals surface area (Å²) in [5.41, 5.74) is 3.36. The van der Waals surface area contributed by atoms with Crippen LogP contribution < -0.4 is 5.32 Å². The maximum atomic E-state index is 4.75. The van der Waals surface area contributed by atoms with E-state index in [0.29, 0.717) is 0 Å². The Balaban J connectivity index is 2.53. The lowest BCUT2D eigenvalue weighted by atomic mass is 10.1. The van der Waals surface area contributed by atoms with Gasteiger partial charge in [-0.05, 0) is 53.5 Å². The number of hydrogen-bond donors (Lipinski definition) is 1. The molecule has 0 aromatic carbocycles. The molecule has 0 unspecified atom stereocenters. The lowest BCUT2D eigenvalue weighted by Gasteiger charge is -2.13. The van der Waals surface area contributed by atoms with Gasteiger partial charge in [-0.3, -0.25) is 4.98 Å². The van der Waals surface area contributed by atoms with E-state index >= 15 is 0 Å². The monoisotopic (exact) mass is 396 g/mol. The van der Waals surface area contributed by atoms with Crippen LogP contribution in [0.25, 0.3) is 11.4 Å². The van der Waals surface area contributed by atoms with Gasteiger partial charge in [0.25, 0.3) is 0 Å².